The Kier molecular flexibility index (Phi) is 5.22. The van der Waals surface area contributed by atoms with Crippen LogP contribution in [0.25, 0.3) is 0 Å². The van der Waals surface area contributed by atoms with Gasteiger partial charge in [-0.1, -0.05) is 6.42 Å². The van der Waals surface area contributed by atoms with E-state index in [2.05, 4.69) is 24.6 Å². The van der Waals surface area contributed by atoms with E-state index in [4.69, 9.17) is 4.74 Å². The zero-order valence-corrected chi connectivity index (χ0v) is 13.1. The molecule has 0 radical (unpaired) electrons. The maximum atomic E-state index is 5.15. The molecular formula is C15H27N5O. The van der Waals surface area contributed by atoms with Crippen molar-refractivity contribution in [3.63, 3.8) is 0 Å². The molecule has 0 bridgehead atoms. The van der Waals surface area contributed by atoms with Crippen LogP contribution in [-0.2, 0) is 24.2 Å². The first-order valence-corrected chi connectivity index (χ1v) is 8.21. The molecule has 1 fully saturated rings. The van der Waals surface area contributed by atoms with Gasteiger partial charge in [0.15, 0.2) is 0 Å². The van der Waals surface area contributed by atoms with Crippen LogP contribution in [0.2, 0.25) is 0 Å². The Bertz CT molecular complexity index is 439. The summed E-state index contributed by atoms with van der Waals surface area (Å²) in [5, 5.41) is 8.84. The van der Waals surface area contributed by atoms with E-state index in [1.807, 2.05) is 0 Å². The highest BCUT2D eigenvalue weighted by Crippen LogP contribution is 2.16. The highest BCUT2D eigenvalue weighted by molar-refractivity contribution is 4.98. The molecular weight excluding hydrogens is 266 g/mol. The number of fused-ring (bicyclic) bond motifs is 1. The van der Waals surface area contributed by atoms with Crippen molar-refractivity contribution < 1.29 is 4.74 Å². The Morgan fingerprint density at radius 1 is 0.952 bits per heavy atom. The fraction of sp³-hybridized carbons (Fsp3) is 0.867. The summed E-state index contributed by atoms with van der Waals surface area (Å²) in [6.07, 6.45) is 4.94. The minimum atomic E-state index is 0.831. The molecule has 0 aliphatic carbocycles. The fourth-order valence-corrected chi connectivity index (χ4v) is 3.25. The third-order valence-electron chi connectivity index (χ3n) is 4.63. The minimum absolute atomic E-state index is 0.831. The van der Waals surface area contributed by atoms with Gasteiger partial charge < -0.3 is 9.30 Å². The van der Waals surface area contributed by atoms with E-state index >= 15 is 0 Å². The van der Waals surface area contributed by atoms with Gasteiger partial charge in [0.1, 0.15) is 11.6 Å². The highest BCUT2D eigenvalue weighted by atomic mass is 16.5. The van der Waals surface area contributed by atoms with Gasteiger partial charge in [-0.25, -0.2) is 0 Å². The van der Waals surface area contributed by atoms with Gasteiger partial charge in [0.25, 0.3) is 0 Å². The lowest BCUT2D eigenvalue weighted by Crippen LogP contribution is -2.47. The van der Waals surface area contributed by atoms with Crippen molar-refractivity contribution in [2.75, 3.05) is 46.4 Å². The van der Waals surface area contributed by atoms with Crippen LogP contribution < -0.4 is 0 Å². The number of hydrogen-bond acceptors (Lipinski definition) is 5. The summed E-state index contributed by atoms with van der Waals surface area (Å²) >= 11 is 0. The summed E-state index contributed by atoms with van der Waals surface area (Å²) < 4.78 is 7.52. The molecule has 0 unspecified atom stereocenters. The number of nitrogens with zero attached hydrogens (tertiary/aromatic N) is 5. The predicted octanol–water partition coefficient (Wildman–Crippen LogP) is 0.768. The molecule has 6 heteroatoms. The van der Waals surface area contributed by atoms with Crippen molar-refractivity contribution in [2.24, 2.45) is 0 Å². The van der Waals surface area contributed by atoms with Crippen LogP contribution >= 0.6 is 0 Å². The van der Waals surface area contributed by atoms with Crippen molar-refractivity contribution in [1.29, 1.82) is 0 Å². The molecule has 1 saturated heterocycles. The monoisotopic (exact) mass is 293 g/mol. The predicted molar refractivity (Wildman–Crippen MR) is 81.2 cm³/mol. The summed E-state index contributed by atoms with van der Waals surface area (Å²) in [5.41, 5.74) is 0. The molecule has 118 valence electrons. The second-order valence-electron chi connectivity index (χ2n) is 6.11. The molecule has 2 aliphatic heterocycles. The molecule has 0 spiro atoms. The number of hydrogen-bond donors (Lipinski definition) is 0. The summed E-state index contributed by atoms with van der Waals surface area (Å²) in [6.45, 7) is 8.42. The zero-order valence-electron chi connectivity index (χ0n) is 13.1. The zero-order chi connectivity index (χ0) is 14.5. The van der Waals surface area contributed by atoms with E-state index in [1.165, 1.54) is 25.1 Å². The van der Waals surface area contributed by atoms with Crippen molar-refractivity contribution in [3.8, 4) is 0 Å². The standard InChI is InChI=1S/C15H27N5O/c1-21-12-11-18-7-9-19(10-8-18)13-15-17-16-14-5-3-2-4-6-20(14)15/h2-13H2,1H3. The number of rotatable bonds is 5. The molecule has 1 aromatic heterocycles. The molecule has 0 saturated carbocycles. The van der Waals surface area contributed by atoms with Crippen LogP contribution in [0.5, 0.6) is 0 Å². The van der Waals surface area contributed by atoms with Crippen LogP contribution in [0.3, 0.4) is 0 Å². The average Bonchev–Trinajstić information content (AvgIpc) is 2.74. The smallest absolute Gasteiger partial charge is 0.147 e. The van der Waals surface area contributed by atoms with E-state index in [0.717, 1.165) is 64.7 Å². The largest absolute Gasteiger partial charge is 0.383 e. The quantitative estimate of drug-likeness (QED) is 0.802. The third-order valence-corrected chi connectivity index (χ3v) is 4.63. The van der Waals surface area contributed by atoms with E-state index in [9.17, 15) is 0 Å². The van der Waals surface area contributed by atoms with Gasteiger partial charge in [0, 0.05) is 52.8 Å². The first-order chi connectivity index (χ1) is 10.4. The third kappa shape index (κ3) is 3.81. The Hall–Kier alpha value is -0.980. The van der Waals surface area contributed by atoms with Crippen molar-refractivity contribution in [2.45, 2.75) is 38.8 Å². The molecule has 0 N–H and O–H groups in total. The van der Waals surface area contributed by atoms with Gasteiger partial charge in [-0.3, -0.25) is 9.80 Å². The van der Waals surface area contributed by atoms with E-state index in [1.54, 1.807) is 7.11 Å². The molecule has 0 aromatic carbocycles. The van der Waals surface area contributed by atoms with Crippen molar-refractivity contribution in [1.82, 2.24) is 24.6 Å². The number of methoxy groups -OCH3 is 1. The Balaban J connectivity index is 1.53. The SMILES string of the molecule is COCCN1CCN(Cc2nnc3n2CCCCC3)CC1. The van der Waals surface area contributed by atoms with Gasteiger partial charge >= 0.3 is 0 Å². The molecule has 1 aromatic rings. The summed E-state index contributed by atoms with van der Waals surface area (Å²) in [4.78, 5) is 4.98. The second kappa shape index (κ2) is 7.33. The van der Waals surface area contributed by atoms with Gasteiger partial charge in [0.05, 0.1) is 13.2 Å². The first kappa shape index (κ1) is 14.9. The number of aromatic nitrogens is 3. The van der Waals surface area contributed by atoms with Crippen molar-refractivity contribution >= 4 is 0 Å². The Morgan fingerprint density at radius 2 is 1.76 bits per heavy atom. The average molecular weight is 293 g/mol. The summed E-state index contributed by atoms with van der Waals surface area (Å²) in [7, 11) is 1.77. The molecule has 2 aliphatic rings. The molecule has 3 heterocycles. The van der Waals surface area contributed by atoms with E-state index < -0.39 is 0 Å². The lowest BCUT2D eigenvalue weighted by Gasteiger charge is -2.34. The maximum absolute atomic E-state index is 5.15. The number of piperazine rings is 1. The summed E-state index contributed by atoms with van der Waals surface area (Å²) in [5.74, 6) is 2.36. The lowest BCUT2D eigenvalue weighted by molar-refractivity contribution is 0.0919. The first-order valence-electron chi connectivity index (χ1n) is 8.21. The van der Waals surface area contributed by atoms with E-state index in [0.29, 0.717) is 0 Å². The van der Waals surface area contributed by atoms with E-state index in [-0.39, 0.29) is 0 Å². The van der Waals surface area contributed by atoms with Crippen molar-refractivity contribution in [3.05, 3.63) is 11.6 Å². The fourth-order valence-electron chi connectivity index (χ4n) is 3.25. The molecule has 21 heavy (non-hydrogen) atoms. The van der Waals surface area contributed by atoms with Gasteiger partial charge in [-0.05, 0) is 12.8 Å². The topological polar surface area (TPSA) is 46.4 Å². The molecule has 0 atom stereocenters. The normalized spacial score (nSPS) is 21.2. The second-order valence-corrected chi connectivity index (χ2v) is 6.11. The minimum Gasteiger partial charge on any atom is -0.383 e. The Morgan fingerprint density at radius 3 is 2.57 bits per heavy atom. The van der Waals surface area contributed by atoms with Crippen LogP contribution in [0, 0.1) is 0 Å². The van der Waals surface area contributed by atoms with Gasteiger partial charge in [-0.2, -0.15) is 0 Å². The maximum Gasteiger partial charge on any atom is 0.147 e. The number of aryl methyl sites for hydroxylation is 1. The lowest BCUT2D eigenvalue weighted by atomic mass is 10.2. The van der Waals surface area contributed by atoms with Gasteiger partial charge in [-0.15, -0.1) is 10.2 Å². The van der Waals surface area contributed by atoms with Crippen LogP contribution in [0.4, 0.5) is 0 Å². The highest BCUT2D eigenvalue weighted by Gasteiger charge is 2.20. The molecule has 0 amide bonds. The van der Waals surface area contributed by atoms with Gasteiger partial charge in [0.2, 0.25) is 0 Å². The summed E-state index contributed by atoms with van der Waals surface area (Å²) in [6, 6.07) is 0. The Labute approximate surface area is 127 Å². The molecule has 6 nitrogen and oxygen atoms in total. The van der Waals surface area contributed by atoms with Crippen LogP contribution in [0.1, 0.15) is 30.9 Å². The van der Waals surface area contributed by atoms with Crippen LogP contribution in [0.15, 0.2) is 0 Å². The van der Waals surface area contributed by atoms with Crippen LogP contribution in [-0.4, -0.2) is 71.0 Å². The number of ether oxygens (including phenoxy) is 1. The molecule has 3 rings (SSSR count).